The summed E-state index contributed by atoms with van der Waals surface area (Å²) in [5.74, 6) is 0.299. The van der Waals surface area contributed by atoms with Gasteiger partial charge in [-0.3, -0.25) is 9.59 Å². The van der Waals surface area contributed by atoms with Crippen LogP contribution in [0.2, 0.25) is 0 Å². The standard InChI is InChI=1S/C16H29N3O2.ClH/c17-14-7-5-6-13(12-14)16(21)18-9-8-15(20)19-10-3-1-2-4-11-19;/h13-14H,1-12,17H2,(H,18,21);1H. The number of nitrogens with one attached hydrogen (secondary N) is 1. The van der Waals surface area contributed by atoms with Crippen molar-refractivity contribution in [3.05, 3.63) is 0 Å². The molecule has 2 amide bonds. The van der Waals surface area contributed by atoms with Crippen LogP contribution < -0.4 is 11.1 Å². The van der Waals surface area contributed by atoms with Crippen LogP contribution in [0.25, 0.3) is 0 Å². The molecule has 2 rings (SSSR count). The maximum atomic E-state index is 12.1. The molecule has 2 unspecified atom stereocenters. The van der Waals surface area contributed by atoms with Gasteiger partial charge in [0.2, 0.25) is 11.8 Å². The molecule has 6 heteroatoms. The lowest BCUT2D eigenvalue weighted by Crippen LogP contribution is -2.40. The van der Waals surface area contributed by atoms with Gasteiger partial charge in [-0.2, -0.15) is 0 Å². The maximum absolute atomic E-state index is 12.1. The molecule has 2 fully saturated rings. The zero-order valence-corrected chi connectivity index (χ0v) is 14.2. The zero-order valence-electron chi connectivity index (χ0n) is 13.4. The first kappa shape index (κ1) is 19.2. The fourth-order valence-electron chi connectivity index (χ4n) is 3.38. The first-order valence-electron chi connectivity index (χ1n) is 8.48. The second kappa shape index (κ2) is 10.1. The molecule has 0 aromatic heterocycles. The average Bonchev–Trinajstić information content (AvgIpc) is 2.76. The van der Waals surface area contributed by atoms with E-state index in [9.17, 15) is 9.59 Å². The van der Waals surface area contributed by atoms with Gasteiger partial charge in [-0.25, -0.2) is 0 Å². The molecule has 2 atom stereocenters. The van der Waals surface area contributed by atoms with Crippen molar-refractivity contribution in [2.45, 2.75) is 63.8 Å². The molecular weight excluding hydrogens is 302 g/mol. The van der Waals surface area contributed by atoms with Gasteiger partial charge in [0.05, 0.1) is 0 Å². The molecule has 1 heterocycles. The Morgan fingerprint density at radius 1 is 1.05 bits per heavy atom. The Kier molecular flexibility index (Phi) is 8.79. The van der Waals surface area contributed by atoms with Gasteiger partial charge >= 0.3 is 0 Å². The second-order valence-corrected chi connectivity index (χ2v) is 6.46. The summed E-state index contributed by atoms with van der Waals surface area (Å²) < 4.78 is 0. The third-order valence-electron chi connectivity index (χ3n) is 4.68. The topological polar surface area (TPSA) is 75.4 Å². The molecule has 128 valence electrons. The Hall–Kier alpha value is -0.810. The predicted molar refractivity (Wildman–Crippen MR) is 89.9 cm³/mol. The van der Waals surface area contributed by atoms with E-state index in [1.807, 2.05) is 4.90 Å². The van der Waals surface area contributed by atoms with Gasteiger partial charge in [0, 0.05) is 38.0 Å². The maximum Gasteiger partial charge on any atom is 0.224 e. The van der Waals surface area contributed by atoms with Crippen LogP contribution in [0.15, 0.2) is 0 Å². The monoisotopic (exact) mass is 331 g/mol. The molecule has 1 aliphatic heterocycles. The van der Waals surface area contributed by atoms with Crippen molar-refractivity contribution < 1.29 is 9.59 Å². The largest absolute Gasteiger partial charge is 0.355 e. The number of hydrogen-bond donors (Lipinski definition) is 2. The van der Waals surface area contributed by atoms with Crippen LogP contribution in [-0.4, -0.2) is 42.4 Å². The normalized spacial score (nSPS) is 25.8. The Labute approximate surface area is 139 Å². The van der Waals surface area contributed by atoms with Crippen molar-refractivity contribution in [2.75, 3.05) is 19.6 Å². The summed E-state index contributed by atoms with van der Waals surface area (Å²) in [5.41, 5.74) is 5.91. The third kappa shape index (κ3) is 6.13. The van der Waals surface area contributed by atoms with Gasteiger partial charge in [0.1, 0.15) is 0 Å². The molecule has 0 radical (unpaired) electrons. The molecule has 0 spiro atoms. The Morgan fingerprint density at radius 2 is 1.73 bits per heavy atom. The van der Waals surface area contributed by atoms with Crippen LogP contribution in [-0.2, 0) is 9.59 Å². The van der Waals surface area contributed by atoms with Gasteiger partial charge < -0.3 is 16.0 Å². The minimum Gasteiger partial charge on any atom is -0.355 e. The average molecular weight is 332 g/mol. The van der Waals surface area contributed by atoms with E-state index in [0.29, 0.717) is 13.0 Å². The summed E-state index contributed by atoms with van der Waals surface area (Å²) in [5, 5.41) is 2.92. The number of amides is 2. The predicted octanol–water partition coefficient (Wildman–Crippen LogP) is 1.83. The first-order valence-corrected chi connectivity index (χ1v) is 8.48. The van der Waals surface area contributed by atoms with Crippen molar-refractivity contribution in [1.29, 1.82) is 0 Å². The highest BCUT2D eigenvalue weighted by Gasteiger charge is 2.25. The van der Waals surface area contributed by atoms with Crippen LogP contribution in [0, 0.1) is 5.92 Å². The van der Waals surface area contributed by atoms with Crippen molar-refractivity contribution >= 4 is 24.2 Å². The molecule has 0 aromatic rings. The Bertz CT molecular complexity index is 343. The summed E-state index contributed by atoms with van der Waals surface area (Å²) in [7, 11) is 0. The first-order chi connectivity index (χ1) is 10.2. The molecule has 22 heavy (non-hydrogen) atoms. The van der Waals surface area contributed by atoms with Crippen LogP contribution in [0.5, 0.6) is 0 Å². The highest BCUT2D eigenvalue weighted by Crippen LogP contribution is 2.23. The minimum absolute atomic E-state index is 0. The summed E-state index contributed by atoms with van der Waals surface area (Å²) in [6, 6.07) is 0.160. The second-order valence-electron chi connectivity index (χ2n) is 6.46. The molecule has 1 aliphatic carbocycles. The number of carbonyl (C=O) groups is 2. The fraction of sp³-hybridized carbons (Fsp3) is 0.875. The number of likely N-dealkylation sites (tertiary alicyclic amines) is 1. The van der Waals surface area contributed by atoms with Crippen LogP contribution in [0.3, 0.4) is 0 Å². The van der Waals surface area contributed by atoms with Crippen LogP contribution >= 0.6 is 12.4 Å². The lowest BCUT2D eigenvalue weighted by molar-refractivity contribution is -0.131. The smallest absolute Gasteiger partial charge is 0.224 e. The highest BCUT2D eigenvalue weighted by molar-refractivity contribution is 5.85. The van der Waals surface area contributed by atoms with Crippen molar-refractivity contribution in [1.82, 2.24) is 10.2 Å². The highest BCUT2D eigenvalue weighted by atomic mass is 35.5. The summed E-state index contributed by atoms with van der Waals surface area (Å²) >= 11 is 0. The lowest BCUT2D eigenvalue weighted by atomic mass is 9.85. The molecule has 1 saturated carbocycles. The van der Waals surface area contributed by atoms with E-state index in [-0.39, 0.29) is 36.2 Å². The van der Waals surface area contributed by atoms with Gasteiger partial charge in [-0.15, -0.1) is 12.4 Å². The van der Waals surface area contributed by atoms with E-state index in [1.165, 1.54) is 12.8 Å². The van der Waals surface area contributed by atoms with E-state index >= 15 is 0 Å². The minimum atomic E-state index is 0. The third-order valence-corrected chi connectivity index (χ3v) is 4.68. The Morgan fingerprint density at radius 3 is 2.36 bits per heavy atom. The van der Waals surface area contributed by atoms with Crippen molar-refractivity contribution in [2.24, 2.45) is 11.7 Å². The molecule has 0 bridgehead atoms. The SMILES string of the molecule is Cl.NC1CCCC(C(=O)NCCC(=O)N2CCCCCC2)C1. The Balaban J connectivity index is 0.00000242. The summed E-state index contributed by atoms with van der Waals surface area (Å²) in [4.78, 5) is 26.1. The molecule has 5 nitrogen and oxygen atoms in total. The van der Waals surface area contributed by atoms with E-state index in [0.717, 1.165) is 51.6 Å². The number of halogens is 1. The van der Waals surface area contributed by atoms with E-state index in [1.54, 1.807) is 0 Å². The van der Waals surface area contributed by atoms with Gasteiger partial charge in [-0.1, -0.05) is 19.3 Å². The van der Waals surface area contributed by atoms with Gasteiger partial charge in [0.25, 0.3) is 0 Å². The van der Waals surface area contributed by atoms with E-state index in [2.05, 4.69) is 5.32 Å². The molecule has 3 N–H and O–H groups in total. The zero-order chi connectivity index (χ0) is 15.1. The number of hydrogen-bond acceptors (Lipinski definition) is 3. The molecule has 2 aliphatic rings. The van der Waals surface area contributed by atoms with Crippen LogP contribution in [0.1, 0.15) is 57.8 Å². The van der Waals surface area contributed by atoms with Crippen molar-refractivity contribution in [3.8, 4) is 0 Å². The molecule has 0 aromatic carbocycles. The molecular formula is C16H30ClN3O2. The molecule has 1 saturated heterocycles. The number of nitrogens with two attached hydrogens (primary N) is 1. The summed E-state index contributed by atoms with van der Waals surface area (Å²) in [6.07, 6.45) is 8.86. The quantitative estimate of drug-likeness (QED) is 0.825. The fourth-order valence-corrected chi connectivity index (χ4v) is 3.38. The van der Waals surface area contributed by atoms with E-state index in [4.69, 9.17) is 5.73 Å². The number of nitrogens with zero attached hydrogens (tertiary/aromatic N) is 1. The van der Waals surface area contributed by atoms with Crippen molar-refractivity contribution in [3.63, 3.8) is 0 Å². The van der Waals surface area contributed by atoms with Crippen LogP contribution in [0.4, 0.5) is 0 Å². The number of rotatable bonds is 4. The number of carbonyl (C=O) groups excluding carboxylic acids is 2. The lowest BCUT2D eigenvalue weighted by Gasteiger charge is -2.26. The van der Waals surface area contributed by atoms with Gasteiger partial charge in [0.15, 0.2) is 0 Å². The summed E-state index contributed by atoms with van der Waals surface area (Å²) in [6.45, 7) is 2.22. The van der Waals surface area contributed by atoms with Gasteiger partial charge in [-0.05, 0) is 32.1 Å². The van der Waals surface area contributed by atoms with E-state index < -0.39 is 0 Å².